The minimum atomic E-state index is -4.47. The highest BCUT2D eigenvalue weighted by atomic mass is 35.5. The van der Waals surface area contributed by atoms with E-state index in [4.69, 9.17) is 11.6 Å². The number of carbonyl (C=O) groups is 1. The van der Waals surface area contributed by atoms with Crippen LogP contribution in [-0.4, -0.2) is 29.9 Å². The van der Waals surface area contributed by atoms with Gasteiger partial charge in [-0.05, 0) is 98.5 Å². The molecule has 8 heteroatoms. The van der Waals surface area contributed by atoms with Gasteiger partial charge in [0.2, 0.25) is 5.91 Å². The second kappa shape index (κ2) is 10.7. The fraction of sp³-hybridized carbons (Fsp3) is 0.536. The van der Waals surface area contributed by atoms with Crippen LogP contribution in [0.15, 0.2) is 42.5 Å². The predicted molar refractivity (Wildman–Crippen MR) is 133 cm³/mol. The first-order valence-electron chi connectivity index (χ1n) is 12.6. The third-order valence-electron chi connectivity index (χ3n) is 8.28. The average molecular weight is 525 g/mol. The van der Waals surface area contributed by atoms with Gasteiger partial charge in [-0.3, -0.25) is 4.79 Å². The van der Waals surface area contributed by atoms with Crippen LogP contribution in [0.3, 0.4) is 0 Å². The van der Waals surface area contributed by atoms with Crippen LogP contribution in [0.5, 0.6) is 0 Å². The Bertz CT molecular complexity index is 1060. The predicted octanol–water partition coefficient (Wildman–Crippen LogP) is 7.19. The third-order valence-corrected chi connectivity index (χ3v) is 8.65. The first kappa shape index (κ1) is 26.9. The smallest absolute Gasteiger partial charge is 0.351 e. The zero-order valence-electron chi connectivity index (χ0n) is 20.7. The minimum absolute atomic E-state index is 0.0379. The minimum Gasteiger partial charge on any atom is -0.351 e. The van der Waals surface area contributed by atoms with Crippen molar-refractivity contribution in [3.05, 3.63) is 70.0 Å². The second-order valence-corrected chi connectivity index (χ2v) is 11.0. The van der Waals surface area contributed by atoms with Crippen molar-refractivity contribution in [2.45, 2.75) is 70.6 Å². The standard InChI is InChI=1S/C28H33ClF4N2O/c1-18(2)27(26(36)34-17-21-15-22(28(31,32)33)5-8-25(21)29)12-9-24(16-27)35-13-10-20(11-14-35)19-3-6-23(30)7-4-19/h3-8,15,18,20,24H,9-14,16-17H2,1-2H3,(H,34,36). The Balaban J connectivity index is 1.38. The van der Waals surface area contributed by atoms with Crippen LogP contribution in [-0.2, 0) is 17.5 Å². The summed E-state index contributed by atoms with van der Waals surface area (Å²) in [7, 11) is 0. The number of likely N-dealkylation sites (tertiary alicyclic amines) is 1. The van der Waals surface area contributed by atoms with E-state index in [0.717, 1.165) is 57.3 Å². The van der Waals surface area contributed by atoms with E-state index in [9.17, 15) is 22.4 Å². The number of amides is 1. The molecule has 1 aliphatic carbocycles. The largest absolute Gasteiger partial charge is 0.416 e. The summed E-state index contributed by atoms with van der Waals surface area (Å²) < 4.78 is 52.6. The van der Waals surface area contributed by atoms with Crippen molar-refractivity contribution < 1.29 is 22.4 Å². The van der Waals surface area contributed by atoms with Crippen LogP contribution in [0.4, 0.5) is 17.6 Å². The van der Waals surface area contributed by atoms with Gasteiger partial charge < -0.3 is 10.2 Å². The number of alkyl halides is 3. The molecule has 3 nitrogen and oxygen atoms in total. The lowest BCUT2D eigenvalue weighted by atomic mass is 9.74. The number of hydrogen-bond donors (Lipinski definition) is 1. The number of benzene rings is 2. The number of halogens is 5. The van der Waals surface area contributed by atoms with Crippen LogP contribution in [0.25, 0.3) is 0 Å². The Morgan fingerprint density at radius 3 is 2.39 bits per heavy atom. The second-order valence-electron chi connectivity index (χ2n) is 10.6. The number of hydrogen-bond acceptors (Lipinski definition) is 2. The van der Waals surface area contributed by atoms with Crippen LogP contribution < -0.4 is 5.32 Å². The highest BCUT2D eigenvalue weighted by Crippen LogP contribution is 2.47. The highest BCUT2D eigenvalue weighted by Gasteiger charge is 2.49. The number of nitrogens with one attached hydrogen (secondary N) is 1. The number of carbonyl (C=O) groups excluding carboxylic acids is 1. The SMILES string of the molecule is CC(C)C1(C(=O)NCc2cc(C(F)(F)F)ccc2Cl)CCC(N2CCC(c3ccc(F)cc3)CC2)C1. The van der Waals surface area contributed by atoms with Crippen molar-refractivity contribution in [1.29, 1.82) is 0 Å². The Morgan fingerprint density at radius 2 is 1.78 bits per heavy atom. The molecule has 2 fully saturated rings. The number of rotatable bonds is 6. The summed E-state index contributed by atoms with van der Waals surface area (Å²) in [5.41, 5.74) is 0.0922. The van der Waals surface area contributed by atoms with Crippen molar-refractivity contribution in [2.24, 2.45) is 11.3 Å². The Labute approximate surface area is 215 Å². The maximum atomic E-state index is 13.4. The van der Waals surface area contributed by atoms with E-state index >= 15 is 0 Å². The van der Waals surface area contributed by atoms with Gasteiger partial charge in [-0.2, -0.15) is 13.2 Å². The fourth-order valence-corrected chi connectivity index (χ4v) is 6.11. The molecule has 2 atom stereocenters. The van der Waals surface area contributed by atoms with E-state index in [1.54, 1.807) is 0 Å². The molecule has 0 spiro atoms. The molecule has 1 heterocycles. The van der Waals surface area contributed by atoms with Crippen molar-refractivity contribution in [2.75, 3.05) is 13.1 Å². The molecule has 1 saturated heterocycles. The maximum absolute atomic E-state index is 13.4. The van der Waals surface area contributed by atoms with Gasteiger partial charge in [0.25, 0.3) is 0 Å². The molecule has 1 saturated carbocycles. The third kappa shape index (κ3) is 5.72. The van der Waals surface area contributed by atoms with Gasteiger partial charge >= 0.3 is 6.18 Å². The van der Waals surface area contributed by atoms with Crippen LogP contribution >= 0.6 is 11.6 Å². The summed E-state index contributed by atoms with van der Waals surface area (Å²) in [5.74, 6) is 0.172. The molecule has 1 N–H and O–H groups in total. The van der Waals surface area contributed by atoms with Gasteiger partial charge in [-0.25, -0.2) is 4.39 Å². The van der Waals surface area contributed by atoms with E-state index < -0.39 is 17.2 Å². The molecule has 2 aromatic rings. The monoisotopic (exact) mass is 524 g/mol. The summed E-state index contributed by atoms with van der Waals surface area (Å²) in [6.07, 6.45) is -0.0834. The van der Waals surface area contributed by atoms with Gasteiger partial charge in [0.05, 0.1) is 11.0 Å². The first-order valence-corrected chi connectivity index (χ1v) is 13.0. The van der Waals surface area contributed by atoms with E-state index in [0.29, 0.717) is 12.0 Å². The molecule has 4 rings (SSSR count). The number of piperidine rings is 1. The van der Waals surface area contributed by atoms with E-state index in [-0.39, 0.29) is 34.8 Å². The van der Waals surface area contributed by atoms with E-state index in [1.807, 2.05) is 26.0 Å². The summed E-state index contributed by atoms with van der Waals surface area (Å²) in [4.78, 5) is 15.9. The lowest BCUT2D eigenvalue weighted by Crippen LogP contribution is -2.45. The fourth-order valence-electron chi connectivity index (χ4n) is 5.92. The molecule has 196 valence electrons. The highest BCUT2D eigenvalue weighted by molar-refractivity contribution is 6.31. The molecular weight excluding hydrogens is 492 g/mol. The van der Waals surface area contributed by atoms with Crippen LogP contribution in [0, 0.1) is 17.2 Å². The average Bonchev–Trinajstić information content (AvgIpc) is 3.30. The van der Waals surface area contributed by atoms with Crippen molar-refractivity contribution >= 4 is 17.5 Å². The lowest BCUT2D eigenvalue weighted by Gasteiger charge is -2.38. The lowest BCUT2D eigenvalue weighted by molar-refractivity contribution is -0.137. The van der Waals surface area contributed by atoms with Crippen molar-refractivity contribution in [3.63, 3.8) is 0 Å². The van der Waals surface area contributed by atoms with E-state index in [2.05, 4.69) is 10.2 Å². The number of nitrogens with zero attached hydrogens (tertiary/aromatic N) is 1. The van der Waals surface area contributed by atoms with E-state index in [1.165, 1.54) is 23.8 Å². The maximum Gasteiger partial charge on any atom is 0.416 e. The molecule has 1 aliphatic heterocycles. The molecular formula is C28H33ClF4N2O. The molecule has 0 bridgehead atoms. The van der Waals surface area contributed by atoms with Gasteiger partial charge in [-0.1, -0.05) is 37.6 Å². The molecule has 0 radical (unpaired) electrons. The summed E-state index contributed by atoms with van der Waals surface area (Å²) >= 11 is 6.13. The summed E-state index contributed by atoms with van der Waals surface area (Å²) in [5, 5.41) is 3.10. The molecule has 0 aromatic heterocycles. The Morgan fingerprint density at radius 1 is 1.11 bits per heavy atom. The van der Waals surface area contributed by atoms with Crippen LogP contribution in [0.2, 0.25) is 5.02 Å². The quantitative estimate of drug-likeness (QED) is 0.406. The van der Waals surface area contributed by atoms with Gasteiger partial charge in [0.15, 0.2) is 0 Å². The summed E-state index contributed by atoms with van der Waals surface area (Å²) in [6, 6.07) is 10.3. The van der Waals surface area contributed by atoms with Crippen molar-refractivity contribution in [1.82, 2.24) is 10.2 Å². The van der Waals surface area contributed by atoms with Crippen LogP contribution in [0.1, 0.15) is 68.6 Å². The molecule has 36 heavy (non-hydrogen) atoms. The summed E-state index contributed by atoms with van der Waals surface area (Å²) in [6.45, 7) is 5.91. The Kier molecular flexibility index (Phi) is 8.01. The molecule has 2 aromatic carbocycles. The zero-order valence-corrected chi connectivity index (χ0v) is 21.4. The molecule has 2 aliphatic rings. The normalized spacial score (nSPS) is 23.8. The molecule has 2 unspecified atom stereocenters. The Hall–Kier alpha value is -2.12. The topological polar surface area (TPSA) is 32.3 Å². The zero-order chi connectivity index (χ0) is 26.1. The van der Waals surface area contributed by atoms with Crippen molar-refractivity contribution in [3.8, 4) is 0 Å². The van der Waals surface area contributed by atoms with Gasteiger partial charge in [0.1, 0.15) is 5.82 Å². The molecule has 1 amide bonds. The van der Waals surface area contributed by atoms with Gasteiger partial charge in [-0.15, -0.1) is 0 Å². The van der Waals surface area contributed by atoms with Gasteiger partial charge in [0, 0.05) is 17.6 Å². The first-order chi connectivity index (χ1) is 17.0.